The van der Waals surface area contributed by atoms with Gasteiger partial charge in [0.15, 0.2) is 6.61 Å². The Bertz CT molecular complexity index is 965. The lowest BCUT2D eigenvalue weighted by Crippen LogP contribution is -2.77. The van der Waals surface area contributed by atoms with Gasteiger partial charge in [0, 0.05) is 17.2 Å². The molecule has 0 aliphatic heterocycles. The fourth-order valence-electron chi connectivity index (χ4n) is 4.83. The SMILES string of the molecule is Cc1ccc(OCC(=O)NC23CC(c4nnc(C5CC(OC(F)(F)F)C5)o4)(C2)C3)cn1. The van der Waals surface area contributed by atoms with E-state index in [0.717, 1.165) is 5.69 Å². The second-order valence-corrected chi connectivity index (χ2v) is 8.86. The minimum atomic E-state index is -4.62. The first-order valence-corrected chi connectivity index (χ1v) is 10.1. The highest BCUT2D eigenvalue weighted by atomic mass is 19.4. The van der Waals surface area contributed by atoms with Gasteiger partial charge in [0.25, 0.3) is 5.91 Å². The number of pyridine rings is 1. The zero-order valence-electron chi connectivity index (χ0n) is 16.7. The lowest BCUT2D eigenvalue weighted by molar-refractivity contribution is -0.352. The lowest BCUT2D eigenvalue weighted by atomic mass is 9.39. The van der Waals surface area contributed by atoms with Crippen molar-refractivity contribution in [3.63, 3.8) is 0 Å². The molecule has 31 heavy (non-hydrogen) atoms. The van der Waals surface area contributed by atoms with Gasteiger partial charge < -0.3 is 14.5 Å². The van der Waals surface area contributed by atoms with E-state index in [1.54, 1.807) is 12.3 Å². The normalized spacial score (nSPS) is 31.2. The summed E-state index contributed by atoms with van der Waals surface area (Å²) in [6.07, 6.45) is -1.38. The fraction of sp³-hybridized carbons (Fsp3) is 0.600. The quantitative estimate of drug-likeness (QED) is 0.710. The van der Waals surface area contributed by atoms with Crippen LogP contribution < -0.4 is 10.1 Å². The Morgan fingerprint density at radius 1 is 1.26 bits per heavy atom. The summed E-state index contributed by atoms with van der Waals surface area (Å²) in [6, 6.07) is 3.57. The molecule has 2 aromatic heterocycles. The van der Waals surface area contributed by atoms with Crippen molar-refractivity contribution in [1.29, 1.82) is 0 Å². The van der Waals surface area contributed by atoms with E-state index in [-0.39, 0.29) is 42.2 Å². The molecule has 166 valence electrons. The Labute approximate surface area is 175 Å². The van der Waals surface area contributed by atoms with E-state index in [1.165, 1.54) is 0 Å². The molecule has 0 spiro atoms. The molecular formula is C20H21F3N4O4. The van der Waals surface area contributed by atoms with Gasteiger partial charge in [-0.2, -0.15) is 0 Å². The van der Waals surface area contributed by atoms with Crippen LogP contribution in [0.1, 0.15) is 55.5 Å². The molecule has 6 rings (SSSR count). The molecule has 0 saturated heterocycles. The largest absolute Gasteiger partial charge is 0.522 e. The molecule has 0 aromatic carbocycles. The Morgan fingerprint density at radius 2 is 2.00 bits per heavy atom. The van der Waals surface area contributed by atoms with Crippen LogP contribution >= 0.6 is 0 Å². The maximum Gasteiger partial charge on any atom is 0.522 e. The number of rotatable bonds is 7. The molecule has 4 saturated carbocycles. The minimum Gasteiger partial charge on any atom is -0.482 e. The number of aryl methyl sites for hydroxylation is 1. The molecule has 1 amide bonds. The van der Waals surface area contributed by atoms with Crippen LogP contribution in [0.2, 0.25) is 0 Å². The number of nitrogens with zero attached hydrogens (tertiary/aromatic N) is 3. The van der Waals surface area contributed by atoms with Crippen LogP contribution in [0.25, 0.3) is 0 Å². The summed E-state index contributed by atoms with van der Waals surface area (Å²) in [7, 11) is 0. The van der Waals surface area contributed by atoms with E-state index in [1.807, 2.05) is 13.0 Å². The molecule has 0 radical (unpaired) electrons. The molecule has 4 aliphatic carbocycles. The Hall–Kier alpha value is -2.69. The molecule has 2 bridgehead atoms. The highest BCUT2D eigenvalue weighted by Gasteiger charge is 2.72. The van der Waals surface area contributed by atoms with Gasteiger partial charge in [0.05, 0.1) is 17.7 Å². The van der Waals surface area contributed by atoms with Gasteiger partial charge in [-0.3, -0.25) is 14.5 Å². The molecule has 8 nitrogen and oxygen atoms in total. The summed E-state index contributed by atoms with van der Waals surface area (Å²) in [5.41, 5.74) is 0.348. The number of amides is 1. The summed E-state index contributed by atoms with van der Waals surface area (Å²) in [6.45, 7) is 1.78. The highest BCUT2D eigenvalue weighted by Crippen LogP contribution is 2.67. The fourth-order valence-corrected chi connectivity index (χ4v) is 4.83. The zero-order valence-corrected chi connectivity index (χ0v) is 16.7. The summed E-state index contributed by atoms with van der Waals surface area (Å²) in [5.74, 6) is 0.987. The molecule has 11 heteroatoms. The van der Waals surface area contributed by atoms with E-state index in [2.05, 4.69) is 25.2 Å². The van der Waals surface area contributed by atoms with Gasteiger partial charge in [-0.15, -0.1) is 23.4 Å². The lowest BCUT2D eigenvalue weighted by Gasteiger charge is -2.68. The molecule has 2 heterocycles. The average Bonchev–Trinajstić information content (AvgIpc) is 3.07. The number of alkyl halides is 3. The molecule has 1 N–H and O–H groups in total. The number of aromatic nitrogens is 3. The van der Waals surface area contributed by atoms with Crippen LogP contribution in [0.5, 0.6) is 5.75 Å². The van der Waals surface area contributed by atoms with E-state index in [9.17, 15) is 18.0 Å². The number of hydrogen-bond acceptors (Lipinski definition) is 7. The van der Waals surface area contributed by atoms with Crippen LogP contribution in [0.15, 0.2) is 22.7 Å². The highest BCUT2D eigenvalue weighted by molar-refractivity contribution is 5.79. The molecule has 0 unspecified atom stereocenters. The first-order valence-electron chi connectivity index (χ1n) is 10.1. The summed E-state index contributed by atoms with van der Waals surface area (Å²) in [5, 5.41) is 11.2. The van der Waals surface area contributed by atoms with Crippen molar-refractivity contribution in [2.24, 2.45) is 0 Å². The van der Waals surface area contributed by atoms with Crippen molar-refractivity contribution in [1.82, 2.24) is 20.5 Å². The van der Waals surface area contributed by atoms with Crippen LogP contribution in [0.4, 0.5) is 13.2 Å². The first kappa shape index (κ1) is 20.2. The van der Waals surface area contributed by atoms with Crippen molar-refractivity contribution in [3.05, 3.63) is 35.8 Å². The topological polar surface area (TPSA) is 99.4 Å². The third kappa shape index (κ3) is 3.86. The molecule has 4 aliphatic rings. The molecule has 4 fully saturated rings. The average molecular weight is 438 g/mol. The van der Waals surface area contributed by atoms with Crippen molar-refractivity contribution in [2.75, 3.05) is 6.61 Å². The van der Waals surface area contributed by atoms with Crippen molar-refractivity contribution < 1.29 is 31.9 Å². The molecule has 2 aromatic rings. The smallest absolute Gasteiger partial charge is 0.482 e. The van der Waals surface area contributed by atoms with Gasteiger partial charge in [0.1, 0.15) is 5.75 Å². The van der Waals surface area contributed by atoms with E-state index in [4.69, 9.17) is 9.15 Å². The number of carbonyl (C=O) groups is 1. The van der Waals surface area contributed by atoms with Gasteiger partial charge in [-0.1, -0.05) is 0 Å². The first-order chi connectivity index (χ1) is 14.6. The Kier molecular flexibility index (Phi) is 4.51. The third-order valence-corrected chi connectivity index (χ3v) is 6.33. The predicted octanol–water partition coefficient (Wildman–Crippen LogP) is 2.92. The van der Waals surface area contributed by atoms with Crippen molar-refractivity contribution >= 4 is 5.91 Å². The summed E-state index contributed by atoms with van der Waals surface area (Å²) < 4.78 is 51.9. The Morgan fingerprint density at radius 3 is 2.65 bits per heavy atom. The van der Waals surface area contributed by atoms with E-state index < -0.39 is 12.5 Å². The number of nitrogens with one attached hydrogen (secondary N) is 1. The minimum absolute atomic E-state index is 0.0902. The second-order valence-electron chi connectivity index (χ2n) is 8.86. The Balaban J connectivity index is 1.08. The number of hydrogen-bond donors (Lipinski definition) is 1. The van der Waals surface area contributed by atoms with Crippen LogP contribution in [-0.4, -0.2) is 45.7 Å². The molecular weight excluding hydrogens is 417 g/mol. The number of carbonyl (C=O) groups excluding carboxylic acids is 1. The summed E-state index contributed by atoms with van der Waals surface area (Å²) in [4.78, 5) is 16.3. The van der Waals surface area contributed by atoms with E-state index in [0.29, 0.717) is 36.8 Å². The van der Waals surface area contributed by atoms with Crippen LogP contribution in [0.3, 0.4) is 0 Å². The van der Waals surface area contributed by atoms with E-state index >= 15 is 0 Å². The second kappa shape index (κ2) is 6.91. The van der Waals surface area contributed by atoms with Crippen molar-refractivity contribution in [2.45, 2.75) is 68.4 Å². The van der Waals surface area contributed by atoms with Gasteiger partial charge in [-0.05, 0) is 51.2 Å². The summed E-state index contributed by atoms with van der Waals surface area (Å²) >= 11 is 0. The maximum absolute atomic E-state index is 12.2. The van der Waals surface area contributed by atoms with Crippen molar-refractivity contribution in [3.8, 4) is 5.75 Å². The van der Waals surface area contributed by atoms with Crippen LogP contribution in [0, 0.1) is 6.92 Å². The van der Waals surface area contributed by atoms with Gasteiger partial charge in [-0.25, -0.2) is 0 Å². The zero-order chi connectivity index (χ0) is 21.9. The standard InChI is InChI=1S/C20H21F3N4O4/c1-11-2-3-13(6-24-11)29-7-15(28)25-19-8-18(9-19,10-19)17-27-26-16(30-17)12-4-14(5-12)31-20(21,22)23/h2-3,6,12,14H,4-5,7-10H2,1H3,(H,25,28). The number of halogens is 3. The van der Waals surface area contributed by atoms with Gasteiger partial charge in [0.2, 0.25) is 11.8 Å². The predicted molar refractivity (Wildman–Crippen MR) is 98.1 cm³/mol. The maximum atomic E-state index is 12.2. The van der Waals surface area contributed by atoms with Gasteiger partial charge >= 0.3 is 6.36 Å². The van der Waals surface area contributed by atoms with Crippen LogP contribution in [-0.2, 0) is 14.9 Å². The number of ether oxygens (including phenoxy) is 2. The third-order valence-electron chi connectivity index (χ3n) is 6.33. The monoisotopic (exact) mass is 438 g/mol. The molecule has 0 atom stereocenters.